The van der Waals surface area contributed by atoms with Gasteiger partial charge >= 0.3 is 0 Å². The first kappa shape index (κ1) is 13.4. The summed E-state index contributed by atoms with van der Waals surface area (Å²) in [4.78, 5) is 12.1. The smallest absolute Gasteiger partial charge is 0.251 e. The third-order valence-electron chi connectivity index (χ3n) is 4.15. The Bertz CT molecular complexity index is 415. The van der Waals surface area contributed by atoms with E-state index < -0.39 is 0 Å². The van der Waals surface area contributed by atoms with Gasteiger partial charge in [0.15, 0.2) is 0 Å². The highest BCUT2D eigenvalue weighted by Gasteiger charge is 2.30. The van der Waals surface area contributed by atoms with Gasteiger partial charge in [0.2, 0.25) is 0 Å². The topological polar surface area (TPSA) is 29.1 Å². The number of amides is 1. The number of nitrogens with one attached hydrogen (secondary N) is 1. The Morgan fingerprint density at radius 1 is 1.28 bits per heavy atom. The Hall–Kier alpha value is -1.02. The number of rotatable bonds is 3. The van der Waals surface area contributed by atoms with Crippen molar-refractivity contribution in [2.45, 2.75) is 38.6 Å². The van der Waals surface area contributed by atoms with Crippen molar-refractivity contribution in [3.05, 3.63) is 35.4 Å². The highest BCUT2D eigenvalue weighted by atomic mass is 35.5. The first-order valence-corrected chi connectivity index (χ1v) is 7.11. The van der Waals surface area contributed by atoms with Gasteiger partial charge in [0.25, 0.3) is 5.91 Å². The lowest BCUT2D eigenvalue weighted by Gasteiger charge is -2.19. The van der Waals surface area contributed by atoms with Crippen LogP contribution < -0.4 is 5.32 Å². The zero-order valence-corrected chi connectivity index (χ0v) is 11.7. The van der Waals surface area contributed by atoms with Gasteiger partial charge < -0.3 is 5.32 Å². The molecule has 1 aliphatic rings. The molecule has 3 unspecified atom stereocenters. The Morgan fingerprint density at radius 3 is 2.44 bits per heavy atom. The molecule has 3 heteroatoms. The molecule has 1 aromatic carbocycles. The number of hydrogen-bond donors (Lipinski definition) is 1. The third-order valence-corrected chi connectivity index (χ3v) is 4.46. The van der Waals surface area contributed by atoms with E-state index in [4.69, 9.17) is 11.6 Å². The van der Waals surface area contributed by atoms with E-state index in [1.54, 1.807) is 0 Å². The zero-order chi connectivity index (χ0) is 13.1. The summed E-state index contributed by atoms with van der Waals surface area (Å²) in [7, 11) is 0. The average Bonchev–Trinajstić information content (AvgIpc) is 2.71. The Labute approximate surface area is 114 Å². The van der Waals surface area contributed by atoms with Gasteiger partial charge in [-0.2, -0.15) is 0 Å². The van der Waals surface area contributed by atoms with Crippen LogP contribution in [0.4, 0.5) is 0 Å². The van der Waals surface area contributed by atoms with Gasteiger partial charge in [0.1, 0.15) is 0 Å². The van der Waals surface area contributed by atoms with Crippen LogP contribution >= 0.6 is 11.6 Å². The molecule has 0 bridgehead atoms. The molecule has 1 aromatic rings. The lowest BCUT2D eigenvalue weighted by Crippen LogP contribution is -2.37. The van der Waals surface area contributed by atoms with Crippen LogP contribution in [-0.4, -0.2) is 11.9 Å². The van der Waals surface area contributed by atoms with Gasteiger partial charge in [-0.05, 0) is 42.4 Å². The minimum atomic E-state index is 0.0297. The Kier molecular flexibility index (Phi) is 4.28. The predicted octanol–water partition coefficient (Wildman–Crippen LogP) is 3.59. The number of carbonyl (C=O) groups excluding carboxylic acids is 1. The summed E-state index contributed by atoms with van der Waals surface area (Å²) >= 11 is 5.73. The van der Waals surface area contributed by atoms with Crippen LogP contribution in [-0.2, 0) is 5.88 Å². The molecule has 2 rings (SSSR count). The molecule has 1 saturated carbocycles. The summed E-state index contributed by atoms with van der Waals surface area (Å²) in [6.45, 7) is 4.48. The van der Waals surface area contributed by atoms with Crippen molar-refractivity contribution in [2.75, 3.05) is 0 Å². The molecule has 18 heavy (non-hydrogen) atoms. The van der Waals surface area contributed by atoms with Gasteiger partial charge in [-0.15, -0.1) is 11.6 Å². The van der Waals surface area contributed by atoms with Crippen LogP contribution in [0.1, 0.15) is 42.6 Å². The minimum absolute atomic E-state index is 0.0297. The second kappa shape index (κ2) is 5.75. The maximum Gasteiger partial charge on any atom is 0.251 e. The van der Waals surface area contributed by atoms with Crippen molar-refractivity contribution in [1.29, 1.82) is 0 Å². The molecule has 0 saturated heterocycles. The van der Waals surface area contributed by atoms with E-state index in [0.717, 1.165) is 17.5 Å². The summed E-state index contributed by atoms with van der Waals surface area (Å²) in [5.41, 5.74) is 1.76. The molecule has 0 radical (unpaired) electrons. The molecule has 1 aliphatic carbocycles. The normalized spacial score (nSPS) is 27.2. The van der Waals surface area contributed by atoms with Gasteiger partial charge in [-0.3, -0.25) is 4.79 Å². The summed E-state index contributed by atoms with van der Waals surface area (Å²) in [5.74, 6) is 1.78. The van der Waals surface area contributed by atoms with Crippen molar-refractivity contribution in [3.63, 3.8) is 0 Å². The van der Waals surface area contributed by atoms with Crippen molar-refractivity contribution < 1.29 is 4.79 Å². The number of benzene rings is 1. The molecule has 1 N–H and O–H groups in total. The molecule has 2 nitrogen and oxygen atoms in total. The summed E-state index contributed by atoms with van der Waals surface area (Å²) in [5, 5.41) is 3.14. The summed E-state index contributed by atoms with van der Waals surface area (Å²) in [6.07, 6.45) is 2.30. The Balaban J connectivity index is 1.99. The molecule has 0 aliphatic heterocycles. The maximum absolute atomic E-state index is 12.1. The molecule has 0 aromatic heterocycles. The predicted molar refractivity (Wildman–Crippen MR) is 74.8 cm³/mol. The zero-order valence-electron chi connectivity index (χ0n) is 10.9. The van der Waals surface area contributed by atoms with E-state index in [9.17, 15) is 4.79 Å². The number of carbonyl (C=O) groups is 1. The molecular formula is C15H20ClNO. The van der Waals surface area contributed by atoms with E-state index in [1.807, 2.05) is 24.3 Å². The number of halogens is 1. The molecule has 1 amide bonds. The lowest BCUT2D eigenvalue weighted by molar-refractivity contribution is 0.0927. The highest BCUT2D eigenvalue weighted by molar-refractivity contribution is 6.17. The van der Waals surface area contributed by atoms with E-state index >= 15 is 0 Å². The van der Waals surface area contributed by atoms with Gasteiger partial charge in [0.05, 0.1) is 0 Å². The van der Waals surface area contributed by atoms with E-state index in [0.29, 0.717) is 23.8 Å². The van der Waals surface area contributed by atoms with Crippen molar-refractivity contribution in [1.82, 2.24) is 5.32 Å². The fourth-order valence-corrected chi connectivity index (χ4v) is 2.74. The van der Waals surface area contributed by atoms with Crippen molar-refractivity contribution >= 4 is 17.5 Å². The fraction of sp³-hybridized carbons (Fsp3) is 0.533. The molecule has 0 spiro atoms. The van der Waals surface area contributed by atoms with Crippen LogP contribution in [0.5, 0.6) is 0 Å². The standard InChI is InChI=1S/C15H20ClNO/c1-10-3-8-14(11(10)2)17-15(18)13-6-4-12(9-16)5-7-13/h4-7,10-11,14H,3,8-9H2,1-2H3,(H,17,18). The van der Waals surface area contributed by atoms with Gasteiger partial charge in [0, 0.05) is 17.5 Å². The van der Waals surface area contributed by atoms with Crippen LogP contribution in [0.2, 0.25) is 0 Å². The van der Waals surface area contributed by atoms with Gasteiger partial charge in [-0.25, -0.2) is 0 Å². The largest absolute Gasteiger partial charge is 0.349 e. The third kappa shape index (κ3) is 2.86. The van der Waals surface area contributed by atoms with Crippen molar-refractivity contribution in [3.8, 4) is 0 Å². The van der Waals surface area contributed by atoms with Gasteiger partial charge in [-0.1, -0.05) is 26.0 Å². The van der Waals surface area contributed by atoms with E-state index in [-0.39, 0.29) is 5.91 Å². The van der Waals surface area contributed by atoms with Crippen molar-refractivity contribution in [2.24, 2.45) is 11.8 Å². The van der Waals surface area contributed by atoms with Crippen LogP contribution in [0.15, 0.2) is 24.3 Å². The molecule has 0 heterocycles. The Morgan fingerprint density at radius 2 is 1.94 bits per heavy atom. The second-order valence-electron chi connectivity index (χ2n) is 5.32. The quantitative estimate of drug-likeness (QED) is 0.832. The summed E-state index contributed by atoms with van der Waals surface area (Å²) < 4.78 is 0. The number of alkyl halides is 1. The molecule has 3 atom stereocenters. The molecule has 98 valence electrons. The monoisotopic (exact) mass is 265 g/mol. The second-order valence-corrected chi connectivity index (χ2v) is 5.59. The highest BCUT2D eigenvalue weighted by Crippen LogP contribution is 2.31. The first-order chi connectivity index (χ1) is 8.61. The lowest BCUT2D eigenvalue weighted by atomic mass is 9.97. The average molecular weight is 266 g/mol. The van der Waals surface area contributed by atoms with Crippen LogP contribution in [0.25, 0.3) is 0 Å². The number of hydrogen-bond acceptors (Lipinski definition) is 1. The molecule has 1 fully saturated rings. The van der Waals surface area contributed by atoms with E-state index in [1.165, 1.54) is 6.42 Å². The SMILES string of the molecule is CC1CCC(NC(=O)c2ccc(CCl)cc2)C1C. The summed E-state index contributed by atoms with van der Waals surface area (Å²) in [6, 6.07) is 7.82. The van der Waals surface area contributed by atoms with Crippen LogP contribution in [0.3, 0.4) is 0 Å². The van der Waals surface area contributed by atoms with Crippen LogP contribution in [0, 0.1) is 11.8 Å². The minimum Gasteiger partial charge on any atom is -0.349 e. The maximum atomic E-state index is 12.1. The first-order valence-electron chi connectivity index (χ1n) is 6.57. The fourth-order valence-electron chi connectivity index (χ4n) is 2.57. The van der Waals surface area contributed by atoms with E-state index in [2.05, 4.69) is 19.2 Å². The molecular weight excluding hydrogens is 246 g/mol.